The van der Waals surface area contributed by atoms with Crippen LogP contribution in [0.5, 0.6) is 0 Å². The monoisotopic (exact) mass is 240 g/mol. The van der Waals surface area contributed by atoms with Crippen LogP contribution in [0.25, 0.3) is 0 Å². The van der Waals surface area contributed by atoms with Gasteiger partial charge in [0.15, 0.2) is 0 Å². The van der Waals surface area contributed by atoms with Gasteiger partial charge in [0.25, 0.3) is 0 Å². The van der Waals surface area contributed by atoms with E-state index in [1.165, 1.54) is 11.1 Å². The highest BCUT2D eigenvalue weighted by atomic mass is 32.1. The van der Waals surface area contributed by atoms with Gasteiger partial charge in [-0.3, -0.25) is 0 Å². The van der Waals surface area contributed by atoms with Crippen molar-refractivity contribution in [3.05, 3.63) is 71.8 Å². The van der Waals surface area contributed by atoms with Crippen LogP contribution < -0.4 is 0 Å². The van der Waals surface area contributed by atoms with Gasteiger partial charge in [-0.1, -0.05) is 72.9 Å². The third-order valence-electron chi connectivity index (χ3n) is 2.56. The van der Waals surface area contributed by atoms with E-state index in [4.69, 9.17) is 12.2 Å². The van der Waals surface area contributed by atoms with Gasteiger partial charge in [-0.25, -0.2) is 0 Å². The lowest BCUT2D eigenvalue weighted by molar-refractivity contribution is 0.425. The lowest BCUT2D eigenvalue weighted by Crippen LogP contribution is -2.19. The molecular weight excluding hydrogens is 226 g/mol. The lowest BCUT2D eigenvalue weighted by Gasteiger charge is -2.18. The van der Waals surface area contributed by atoms with E-state index >= 15 is 0 Å². The average molecular weight is 240 g/mol. The fourth-order valence-corrected chi connectivity index (χ4v) is 1.86. The Kier molecular flexibility index (Phi) is 4.28. The molecule has 0 aliphatic heterocycles. The van der Waals surface area contributed by atoms with Crippen molar-refractivity contribution in [1.29, 1.82) is 0 Å². The highest BCUT2D eigenvalue weighted by Crippen LogP contribution is 2.08. The Labute approximate surface area is 108 Å². The highest BCUT2D eigenvalue weighted by molar-refractivity contribution is 7.78. The molecule has 2 aromatic carbocycles. The second-order valence-electron chi connectivity index (χ2n) is 3.92. The Hall–Kier alpha value is -1.67. The summed E-state index contributed by atoms with van der Waals surface area (Å²) < 4.78 is 0. The van der Waals surface area contributed by atoms with Crippen LogP contribution in [0.15, 0.2) is 60.7 Å². The van der Waals surface area contributed by atoms with Gasteiger partial charge in [0.2, 0.25) is 0 Å². The standard InChI is InChI=1S/C15H14NS/c17-13-16(11-14-7-3-1-4-8-14)12-15-9-5-2-6-10-15/h1-10H,11-12H2. The molecule has 17 heavy (non-hydrogen) atoms. The van der Waals surface area contributed by atoms with Crippen molar-refractivity contribution in [3.63, 3.8) is 0 Å². The maximum atomic E-state index is 4.95. The summed E-state index contributed by atoms with van der Waals surface area (Å²) in [6, 6.07) is 20.6. The summed E-state index contributed by atoms with van der Waals surface area (Å²) in [4.78, 5) is 2.01. The minimum absolute atomic E-state index is 0.805. The van der Waals surface area contributed by atoms with E-state index in [-0.39, 0.29) is 0 Å². The van der Waals surface area contributed by atoms with E-state index in [0.717, 1.165) is 13.1 Å². The van der Waals surface area contributed by atoms with Gasteiger partial charge >= 0.3 is 0 Å². The zero-order valence-corrected chi connectivity index (χ0v) is 10.4. The summed E-state index contributed by atoms with van der Waals surface area (Å²) >= 11 is 4.95. The van der Waals surface area contributed by atoms with Gasteiger partial charge in [0, 0.05) is 13.1 Å². The van der Waals surface area contributed by atoms with Crippen LogP contribution in [0, 0.1) is 0 Å². The summed E-state index contributed by atoms with van der Waals surface area (Å²) in [6.45, 7) is 1.61. The Morgan fingerprint density at radius 3 is 1.53 bits per heavy atom. The third-order valence-corrected chi connectivity index (χ3v) is 2.82. The molecule has 0 N–H and O–H groups in total. The molecule has 0 spiro atoms. The molecule has 0 aromatic heterocycles. The zero-order chi connectivity index (χ0) is 11.9. The van der Waals surface area contributed by atoms with Crippen molar-refractivity contribution in [2.24, 2.45) is 0 Å². The molecule has 2 heteroatoms. The average Bonchev–Trinajstić information content (AvgIpc) is 2.40. The summed E-state index contributed by atoms with van der Waals surface area (Å²) in [5, 5.41) is 0. The first-order valence-corrected chi connectivity index (χ1v) is 6.00. The Morgan fingerprint density at radius 2 is 1.18 bits per heavy atom. The number of benzene rings is 2. The van der Waals surface area contributed by atoms with E-state index in [9.17, 15) is 0 Å². The first-order chi connectivity index (χ1) is 8.38. The molecular formula is C15H14NS. The summed E-state index contributed by atoms with van der Waals surface area (Å²) in [5.41, 5.74) is 5.32. The van der Waals surface area contributed by atoms with Crippen LogP contribution in [-0.2, 0) is 13.1 Å². The van der Waals surface area contributed by atoms with E-state index in [2.05, 4.69) is 29.8 Å². The van der Waals surface area contributed by atoms with Gasteiger partial charge in [-0.05, 0) is 11.1 Å². The molecule has 0 amide bonds. The second-order valence-corrected chi connectivity index (χ2v) is 4.10. The summed E-state index contributed by atoms with van der Waals surface area (Å²) in [7, 11) is 0. The molecule has 2 rings (SSSR count). The predicted octanol–water partition coefficient (Wildman–Crippen LogP) is 3.52. The fraction of sp³-hybridized carbons (Fsp3) is 0.133. The van der Waals surface area contributed by atoms with Crippen LogP contribution in [0.4, 0.5) is 0 Å². The minimum atomic E-state index is 0.805. The number of nitrogens with zero attached hydrogens (tertiary/aromatic N) is 1. The molecule has 1 radical (unpaired) electrons. The Bertz CT molecular complexity index is 411. The van der Waals surface area contributed by atoms with Crippen molar-refractivity contribution in [2.45, 2.75) is 13.1 Å². The van der Waals surface area contributed by atoms with Crippen LogP contribution >= 0.6 is 12.2 Å². The van der Waals surface area contributed by atoms with Gasteiger partial charge in [0.05, 0.1) is 0 Å². The van der Waals surface area contributed by atoms with Crippen LogP contribution in [0.2, 0.25) is 0 Å². The fourth-order valence-electron chi connectivity index (χ4n) is 1.73. The van der Waals surface area contributed by atoms with Gasteiger partial charge in [-0.15, -0.1) is 0 Å². The molecule has 0 bridgehead atoms. The molecule has 0 saturated heterocycles. The number of thiocarbonyl (C=S) groups is 1. The first kappa shape index (κ1) is 11.8. The molecule has 0 saturated carbocycles. The number of rotatable bonds is 5. The van der Waals surface area contributed by atoms with Crippen molar-refractivity contribution >= 4 is 17.7 Å². The molecule has 0 aliphatic rings. The van der Waals surface area contributed by atoms with Gasteiger partial charge in [-0.2, -0.15) is 0 Å². The predicted molar refractivity (Wildman–Crippen MR) is 74.7 cm³/mol. The molecule has 0 aliphatic carbocycles. The summed E-state index contributed by atoms with van der Waals surface area (Å²) in [6.07, 6.45) is 0. The highest BCUT2D eigenvalue weighted by Gasteiger charge is 2.02. The smallest absolute Gasteiger partial charge is 0.137 e. The van der Waals surface area contributed by atoms with E-state index in [1.54, 1.807) is 0 Å². The topological polar surface area (TPSA) is 3.24 Å². The maximum Gasteiger partial charge on any atom is 0.137 e. The first-order valence-electron chi connectivity index (χ1n) is 5.59. The van der Waals surface area contributed by atoms with Crippen LogP contribution in [-0.4, -0.2) is 10.4 Å². The molecule has 0 fully saturated rings. The van der Waals surface area contributed by atoms with Gasteiger partial charge in [0.1, 0.15) is 5.49 Å². The van der Waals surface area contributed by atoms with Crippen molar-refractivity contribution in [3.8, 4) is 0 Å². The zero-order valence-electron chi connectivity index (χ0n) is 9.54. The molecule has 0 heterocycles. The maximum absolute atomic E-state index is 4.95. The minimum Gasteiger partial charge on any atom is -0.352 e. The molecule has 1 nitrogen and oxygen atoms in total. The van der Waals surface area contributed by atoms with Crippen LogP contribution in [0.1, 0.15) is 11.1 Å². The number of hydrogen-bond donors (Lipinski definition) is 0. The number of hydrogen-bond acceptors (Lipinski definition) is 1. The van der Waals surface area contributed by atoms with Crippen molar-refractivity contribution < 1.29 is 0 Å². The van der Waals surface area contributed by atoms with E-state index in [1.807, 2.05) is 41.3 Å². The SMILES string of the molecule is S=[C]N(Cc1ccccc1)Cc1ccccc1. The lowest BCUT2D eigenvalue weighted by atomic mass is 10.2. The molecule has 0 atom stereocenters. The van der Waals surface area contributed by atoms with Crippen LogP contribution in [0.3, 0.4) is 0 Å². The summed E-state index contributed by atoms with van der Waals surface area (Å²) in [5.74, 6) is 0. The molecule has 0 unspecified atom stereocenters. The normalized spacial score (nSPS) is 9.88. The van der Waals surface area contributed by atoms with Gasteiger partial charge < -0.3 is 4.90 Å². The molecule has 2 aromatic rings. The van der Waals surface area contributed by atoms with Crippen molar-refractivity contribution in [1.82, 2.24) is 4.90 Å². The second kappa shape index (κ2) is 6.16. The quantitative estimate of drug-likeness (QED) is 0.581. The largest absolute Gasteiger partial charge is 0.352 e. The van der Waals surface area contributed by atoms with E-state index in [0.29, 0.717) is 0 Å². The Balaban J connectivity index is 2.01. The Morgan fingerprint density at radius 1 is 0.765 bits per heavy atom. The third kappa shape index (κ3) is 3.68. The van der Waals surface area contributed by atoms with E-state index < -0.39 is 0 Å². The van der Waals surface area contributed by atoms with Crippen molar-refractivity contribution in [2.75, 3.05) is 0 Å². The molecule has 85 valence electrons.